The molecule has 182 valence electrons. The summed E-state index contributed by atoms with van der Waals surface area (Å²) in [6.07, 6.45) is 0.823. The molecule has 4 rings (SSSR count). The van der Waals surface area contributed by atoms with Crippen molar-refractivity contribution in [3.8, 4) is 11.5 Å². The Hall–Kier alpha value is -3.80. The highest BCUT2D eigenvalue weighted by atomic mass is 16.5. The van der Waals surface area contributed by atoms with E-state index in [0.717, 1.165) is 16.7 Å². The monoisotopic (exact) mass is 472 g/mol. The lowest BCUT2D eigenvalue weighted by molar-refractivity contribution is -0.146. The largest absolute Gasteiger partial charge is 0.497 e. The number of hydrogen-bond acceptors (Lipinski definition) is 4. The molecule has 6 nitrogen and oxygen atoms in total. The van der Waals surface area contributed by atoms with E-state index >= 15 is 0 Å². The Labute approximate surface area is 206 Å². The van der Waals surface area contributed by atoms with E-state index in [0.29, 0.717) is 30.9 Å². The molecule has 1 saturated heterocycles. The quantitative estimate of drug-likeness (QED) is 0.464. The number of carbonyl (C=O) groups is 2. The van der Waals surface area contributed by atoms with Crippen LogP contribution < -0.4 is 14.8 Å². The van der Waals surface area contributed by atoms with E-state index in [4.69, 9.17) is 9.47 Å². The van der Waals surface area contributed by atoms with Gasteiger partial charge in [-0.25, -0.2) is 0 Å². The van der Waals surface area contributed by atoms with E-state index in [1.54, 1.807) is 20.3 Å². The zero-order chi connectivity index (χ0) is 24.8. The maximum absolute atomic E-state index is 13.9. The summed E-state index contributed by atoms with van der Waals surface area (Å²) >= 11 is 0. The van der Waals surface area contributed by atoms with Crippen LogP contribution in [-0.2, 0) is 22.6 Å². The molecule has 3 aromatic carbocycles. The van der Waals surface area contributed by atoms with Crippen molar-refractivity contribution >= 4 is 11.8 Å². The Morgan fingerprint density at radius 2 is 1.54 bits per heavy atom. The number of benzene rings is 3. The molecule has 0 bridgehead atoms. The molecule has 2 amide bonds. The van der Waals surface area contributed by atoms with E-state index < -0.39 is 5.41 Å². The minimum absolute atomic E-state index is 0.114. The van der Waals surface area contributed by atoms with Crippen molar-refractivity contribution in [3.05, 3.63) is 95.6 Å². The van der Waals surface area contributed by atoms with E-state index in [1.807, 2.05) is 84.6 Å². The van der Waals surface area contributed by atoms with Crippen LogP contribution in [0.3, 0.4) is 0 Å². The van der Waals surface area contributed by atoms with Crippen LogP contribution in [0, 0.1) is 5.41 Å². The minimum Gasteiger partial charge on any atom is -0.497 e. The fourth-order valence-corrected chi connectivity index (χ4v) is 4.79. The molecule has 1 unspecified atom stereocenters. The summed E-state index contributed by atoms with van der Waals surface area (Å²) in [7, 11) is 3.18. The number of nitrogens with zero attached hydrogens (tertiary/aromatic N) is 1. The normalized spacial score (nSPS) is 18.3. The Bertz CT molecular complexity index is 1140. The number of methoxy groups -OCH3 is 2. The zero-order valence-electron chi connectivity index (χ0n) is 20.5. The third-order valence-corrected chi connectivity index (χ3v) is 6.85. The Balaban J connectivity index is 1.59. The molecule has 0 spiro atoms. The van der Waals surface area contributed by atoms with E-state index in [-0.39, 0.29) is 24.4 Å². The molecule has 0 saturated carbocycles. The number of carbonyl (C=O) groups excluding carboxylic acids is 2. The van der Waals surface area contributed by atoms with E-state index in [9.17, 15) is 9.59 Å². The van der Waals surface area contributed by atoms with Gasteiger partial charge in [-0.1, -0.05) is 60.7 Å². The van der Waals surface area contributed by atoms with Gasteiger partial charge in [-0.05, 0) is 48.6 Å². The van der Waals surface area contributed by atoms with Gasteiger partial charge in [-0.3, -0.25) is 9.59 Å². The molecule has 3 aromatic rings. The summed E-state index contributed by atoms with van der Waals surface area (Å²) in [6.45, 7) is 2.82. The van der Waals surface area contributed by atoms with Gasteiger partial charge in [0.15, 0.2) is 0 Å². The van der Waals surface area contributed by atoms with E-state index in [2.05, 4.69) is 5.32 Å². The number of rotatable bonds is 9. The van der Waals surface area contributed by atoms with Crippen LogP contribution in [0.1, 0.15) is 36.1 Å². The summed E-state index contributed by atoms with van der Waals surface area (Å²) in [4.78, 5) is 29.5. The van der Waals surface area contributed by atoms with Crippen LogP contribution in [0.4, 0.5) is 0 Å². The second-order valence-electron chi connectivity index (χ2n) is 8.98. The highest BCUT2D eigenvalue weighted by Gasteiger charge is 2.53. The molecule has 1 fully saturated rings. The SMILES string of the molecule is COc1cc(CNC(=O)C2(Cc3ccccc3)CCN([C@H](C)c3ccccc3)C2=O)cc(OC)c1. The van der Waals surface area contributed by atoms with Crippen LogP contribution >= 0.6 is 0 Å². The molecule has 2 atom stereocenters. The average Bonchev–Trinajstić information content (AvgIpc) is 3.24. The van der Waals surface area contributed by atoms with Crippen LogP contribution in [-0.4, -0.2) is 37.5 Å². The Morgan fingerprint density at radius 1 is 0.943 bits per heavy atom. The summed E-state index contributed by atoms with van der Waals surface area (Å²) in [5.41, 5.74) is 1.70. The summed E-state index contributed by atoms with van der Waals surface area (Å²) in [5, 5.41) is 3.04. The fourth-order valence-electron chi connectivity index (χ4n) is 4.79. The van der Waals surface area contributed by atoms with Gasteiger partial charge in [0.25, 0.3) is 0 Å². The number of likely N-dealkylation sites (tertiary alicyclic amines) is 1. The minimum atomic E-state index is -1.16. The lowest BCUT2D eigenvalue weighted by atomic mass is 9.79. The zero-order valence-corrected chi connectivity index (χ0v) is 20.5. The summed E-state index contributed by atoms with van der Waals surface area (Å²) < 4.78 is 10.7. The smallest absolute Gasteiger partial charge is 0.239 e. The van der Waals surface area contributed by atoms with Gasteiger partial charge in [-0.15, -0.1) is 0 Å². The van der Waals surface area contributed by atoms with Crippen LogP contribution in [0.5, 0.6) is 11.5 Å². The first-order valence-corrected chi connectivity index (χ1v) is 11.9. The van der Waals surface area contributed by atoms with Crippen molar-refractivity contribution in [3.63, 3.8) is 0 Å². The predicted molar refractivity (Wildman–Crippen MR) is 135 cm³/mol. The highest BCUT2D eigenvalue weighted by Crippen LogP contribution is 2.40. The molecular formula is C29H32N2O4. The van der Waals surface area contributed by atoms with Crippen LogP contribution in [0.2, 0.25) is 0 Å². The van der Waals surface area contributed by atoms with Crippen molar-refractivity contribution in [2.45, 2.75) is 32.4 Å². The molecular weight excluding hydrogens is 440 g/mol. The van der Waals surface area contributed by atoms with Gasteiger partial charge < -0.3 is 19.7 Å². The predicted octanol–water partition coefficient (Wildman–Crippen LogP) is 4.54. The van der Waals surface area contributed by atoms with Crippen molar-refractivity contribution in [1.29, 1.82) is 0 Å². The number of nitrogens with one attached hydrogen (secondary N) is 1. The molecule has 1 N–H and O–H groups in total. The number of ether oxygens (including phenoxy) is 2. The van der Waals surface area contributed by atoms with Gasteiger partial charge in [0, 0.05) is 19.2 Å². The van der Waals surface area contributed by atoms with Crippen molar-refractivity contribution < 1.29 is 19.1 Å². The standard InChI is InChI=1S/C29H32N2O4/c1-21(24-12-8-5-9-13-24)31-15-14-29(28(31)33,19-22-10-6-4-7-11-22)27(32)30-20-23-16-25(34-2)18-26(17-23)35-3/h4-13,16-18,21H,14-15,19-20H2,1-3H3,(H,30,32)/t21-,29?/m1/s1. The molecule has 0 aliphatic carbocycles. The van der Waals surface area contributed by atoms with Crippen molar-refractivity contribution in [2.24, 2.45) is 5.41 Å². The first kappa shape index (κ1) is 24.3. The van der Waals surface area contributed by atoms with Crippen molar-refractivity contribution in [2.75, 3.05) is 20.8 Å². The Morgan fingerprint density at radius 3 is 2.14 bits per heavy atom. The molecule has 1 aliphatic heterocycles. The average molecular weight is 473 g/mol. The molecule has 0 aromatic heterocycles. The van der Waals surface area contributed by atoms with Gasteiger partial charge in [0.1, 0.15) is 16.9 Å². The maximum atomic E-state index is 13.9. The molecule has 0 radical (unpaired) electrons. The number of amides is 2. The summed E-state index contributed by atoms with van der Waals surface area (Å²) in [6, 6.07) is 25.1. The van der Waals surface area contributed by atoms with Crippen LogP contribution in [0.25, 0.3) is 0 Å². The Kier molecular flexibility index (Phi) is 7.39. The second kappa shape index (κ2) is 10.6. The topological polar surface area (TPSA) is 67.9 Å². The lowest BCUT2D eigenvalue weighted by Crippen LogP contribution is -2.48. The second-order valence-corrected chi connectivity index (χ2v) is 8.98. The first-order valence-electron chi connectivity index (χ1n) is 11.9. The van der Waals surface area contributed by atoms with Crippen molar-refractivity contribution in [1.82, 2.24) is 10.2 Å². The van der Waals surface area contributed by atoms with Crippen LogP contribution in [0.15, 0.2) is 78.9 Å². The first-order chi connectivity index (χ1) is 17.0. The third kappa shape index (κ3) is 5.16. The van der Waals surface area contributed by atoms with Gasteiger partial charge in [0.05, 0.1) is 20.3 Å². The fraction of sp³-hybridized carbons (Fsp3) is 0.310. The molecule has 35 heavy (non-hydrogen) atoms. The van der Waals surface area contributed by atoms with E-state index in [1.165, 1.54) is 0 Å². The van der Waals surface area contributed by atoms with Gasteiger partial charge >= 0.3 is 0 Å². The summed E-state index contributed by atoms with van der Waals surface area (Å²) in [5.74, 6) is 0.911. The number of hydrogen-bond donors (Lipinski definition) is 1. The van der Waals surface area contributed by atoms with Gasteiger partial charge in [-0.2, -0.15) is 0 Å². The van der Waals surface area contributed by atoms with Gasteiger partial charge in [0.2, 0.25) is 11.8 Å². The maximum Gasteiger partial charge on any atom is 0.239 e. The molecule has 1 aliphatic rings. The highest BCUT2D eigenvalue weighted by molar-refractivity contribution is 6.06. The molecule has 1 heterocycles. The third-order valence-electron chi connectivity index (χ3n) is 6.85. The lowest BCUT2D eigenvalue weighted by Gasteiger charge is -2.30. The molecule has 6 heteroatoms.